The minimum absolute atomic E-state index is 0.116. The topological polar surface area (TPSA) is 106 Å². The van der Waals surface area contributed by atoms with E-state index in [0.717, 1.165) is 5.69 Å². The van der Waals surface area contributed by atoms with E-state index in [0.29, 0.717) is 56.8 Å². The number of benzene rings is 2. The summed E-state index contributed by atoms with van der Waals surface area (Å²) in [6, 6.07) is 16.5. The first kappa shape index (κ1) is 24.2. The highest BCUT2D eigenvalue weighted by Crippen LogP contribution is 2.47. The van der Waals surface area contributed by atoms with Crippen LogP contribution in [0.4, 0.5) is 17.5 Å². The van der Waals surface area contributed by atoms with Gasteiger partial charge in [-0.05, 0) is 52.8 Å². The molecule has 4 aromatic rings. The maximum atomic E-state index is 13.0. The molecular formula is C29H28N4O4. The van der Waals surface area contributed by atoms with Crippen molar-refractivity contribution in [2.75, 3.05) is 10.6 Å². The maximum absolute atomic E-state index is 13.0. The molecule has 5 rings (SSSR count). The molecule has 3 heterocycles. The molecule has 8 heteroatoms. The number of carbonyl (C=O) groups excluding carboxylic acids is 1. The number of allylic oxidation sites excluding steroid dienone is 2. The number of Topliss-reactive ketones (excluding diaryl/α,β-unsaturated/α-hetero) is 1. The third-order valence-electron chi connectivity index (χ3n) is 6.17. The smallest absolute Gasteiger partial charge is 0.232 e. The van der Waals surface area contributed by atoms with Crippen LogP contribution in [0, 0.1) is 6.92 Å². The number of carbonyl (C=O) groups is 1. The number of hydrogen-bond donors (Lipinski definition) is 2. The summed E-state index contributed by atoms with van der Waals surface area (Å²) in [7, 11) is 0. The highest BCUT2D eigenvalue weighted by atomic mass is 16.5. The molecular weight excluding hydrogens is 468 g/mol. The Balaban J connectivity index is 1.79. The van der Waals surface area contributed by atoms with Crippen molar-refractivity contribution in [1.82, 2.24) is 9.97 Å². The van der Waals surface area contributed by atoms with Gasteiger partial charge >= 0.3 is 0 Å². The van der Waals surface area contributed by atoms with Crippen LogP contribution in [0.3, 0.4) is 0 Å². The highest BCUT2D eigenvalue weighted by molar-refractivity contribution is 5.99. The zero-order valence-corrected chi connectivity index (χ0v) is 21.4. The summed E-state index contributed by atoms with van der Waals surface area (Å²) in [6.45, 7) is 8.93. The van der Waals surface area contributed by atoms with Crippen LogP contribution in [0.1, 0.15) is 50.5 Å². The van der Waals surface area contributed by atoms with Crippen molar-refractivity contribution >= 4 is 34.2 Å². The molecule has 0 bridgehead atoms. The fraction of sp³-hybridized carbons (Fsp3) is 0.241. The number of hydrogen-bond acceptors (Lipinski definition) is 8. The van der Waals surface area contributed by atoms with Gasteiger partial charge in [0.2, 0.25) is 11.8 Å². The Morgan fingerprint density at radius 1 is 1.08 bits per heavy atom. The Morgan fingerprint density at radius 2 is 1.84 bits per heavy atom. The Bertz CT molecular complexity index is 1610. The summed E-state index contributed by atoms with van der Waals surface area (Å²) in [6.07, 6.45) is -0.190. The second kappa shape index (κ2) is 9.54. The summed E-state index contributed by atoms with van der Waals surface area (Å²) < 4.78 is 12.3. The molecule has 0 amide bonds. The van der Waals surface area contributed by atoms with Gasteiger partial charge in [-0.1, -0.05) is 30.3 Å². The first-order valence-electron chi connectivity index (χ1n) is 12.2. The molecule has 2 aromatic carbocycles. The molecule has 0 saturated carbocycles. The predicted octanol–water partition coefficient (Wildman–Crippen LogP) is 5.84. The van der Waals surface area contributed by atoms with Crippen molar-refractivity contribution in [3.8, 4) is 5.88 Å². The quantitative estimate of drug-likeness (QED) is 0.343. The number of nitrogens with one attached hydrogen (secondary N) is 2. The number of ether oxygens (including phenoxy) is 1. The number of rotatable bonds is 6. The van der Waals surface area contributed by atoms with Gasteiger partial charge in [-0.2, -0.15) is 9.97 Å². The monoisotopic (exact) mass is 496 g/mol. The fourth-order valence-electron chi connectivity index (χ4n) is 4.75. The molecule has 1 unspecified atom stereocenters. The van der Waals surface area contributed by atoms with E-state index >= 15 is 0 Å². The van der Waals surface area contributed by atoms with E-state index in [1.54, 1.807) is 19.1 Å². The second-order valence-electron chi connectivity index (χ2n) is 9.37. The summed E-state index contributed by atoms with van der Waals surface area (Å²) in [5, 5.41) is 6.97. The van der Waals surface area contributed by atoms with Gasteiger partial charge in [0, 0.05) is 28.6 Å². The lowest BCUT2D eigenvalue weighted by atomic mass is 9.80. The lowest BCUT2D eigenvalue weighted by Gasteiger charge is -2.31. The van der Waals surface area contributed by atoms with Crippen LogP contribution in [-0.4, -0.2) is 21.9 Å². The average molecular weight is 497 g/mol. The lowest BCUT2D eigenvalue weighted by molar-refractivity contribution is -0.113. The van der Waals surface area contributed by atoms with Crippen LogP contribution in [0.2, 0.25) is 0 Å². The number of aromatic nitrogens is 2. The molecule has 37 heavy (non-hydrogen) atoms. The van der Waals surface area contributed by atoms with Crippen LogP contribution in [0.25, 0.3) is 11.0 Å². The molecule has 0 fully saturated rings. The van der Waals surface area contributed by atoms with Gasteiger partial charge in [0.05, 0.1) is 23.0 Å². The number of para-hydroxylation sites is 2. The average Bonchev–Trinajstić information content (AvgIpc) is 2.83. The predicted molar refractivity (Wildman–Crippen MR) is 144 cm³/mol. The summed E-state index contributed by atoms with van der Waals surface area (Å²) >= 11 is 0. The largest absolute Gasteiger partial charge is 0.475 e. The van der Waals surface area contributed by atoms with Crippen molar-refractivity contribution < 1.29 is 13.9 Å². The number of aryl methyl sites for hydroxylation is 1. The first-order chi connectivity index (χ1) is 17.7. The SMILES string of the molecule is CC(=O)C1=C(C)Nc2nc(Nc3ccccc3)nc(OC(C)C)c2C1c1cccc2c(=O)cc(C)oc12. The van der Waals surface area contributed by atoms with Gasteiger partial charge in [0.15, 0.2) is 11.2 Å². The Kier molecular flexibility index (Phi) is 6.25. The first-order valence-corrected chi connectivity index (χ1v) is 12.2. The summed E-state index contributed by atoms with van der Waals surface area (Å²) in [4.78, 5) is 35.3. The summed E-state index contributed by atoms with van der Waals surface area (Å²) in [5.41, 5.74) is 3.60. The van der Waals surface area contributed by atoms with E-state index in [1.807, 2.05) is 57.2 Å². The molecule has 1 aliphatic rings. The molecule has 2 aromatic heterocycles. The molecule has 0 radical (unpaired) electrons. The molecule has 2 N–H and O–H groups in total. The minimum atomic E-state index is -0.609. The van der Waals surface area contributed by atoms with Crippen molar-refractivity contribution in [1.29, 1.82) is 0 Å². The number of ketones is 1. The highest BCUT2D eigenvalue weighted by Gasteiger charge is 2.37. The molecule has 188 valence electrons. The Hall–Kier alpha value is -4.46. The Morgan fingerprint density at radius 3 is 2.54 bits per heavy atom. The van der Waals surface area contributed by atoms with Gasteiger partial charge in [-0.3, -0.25) is 9.59 Å². The molecule has 1 aliphatic heterocycles. The van der Waals surface area contributed by atoms with Gasteiger partial charge in [-0.15, -0.1) is 0 Å². The normalized spacial score (nSPS) is 14.9. The zero-order valence-electron chi connectivity index (χ0n) is 21.4. The molecule has 8 nitrogen and oxygen atoms in total. The van der Waals surface area contributed by atoms with Crippen molar-refractivity contribution in [2.45, 2.75) is 46.6 Å². The molecule has 0 aliphatic carbocycles. The van der Waals surface area contributed by atoms with Crippen molar-refractivity contribution in [3.05, 3.63) is 93.0 Å². The molecule has 0 spiro atoms. The van der Waals surface area contributed by atoms with E-state index in [1.165, 1.54) is 13.0 Å². The number of fused-ring (bicyclic) bond motifs is 2. The minimum Gasteiger partial charge on any atom is -0.475 e. The van der Waals surface area contributed by atoms with Crippen LogP contribution in [0.15, 0.2) is 75.1 Å². The summed E-state index contributed by atoms with van der Waals surface area (Å²) in [5.74, 6) is 0.974. The third-order valence-corrected chi connectivity index (χ3v) is 6.17. The fourth-order valence-corrected chi connectivity index (χ4v) is 4.75. The molecule has 1 atom stereocenters. The van der Waals surface area contributed by atoms with Gasteiger partial charge in [0.25, 0.3) is 0 Å². The van der Waals surface area contributed by atoms with Gasteiger partial charge in [-0.25, -0.2) is 0 Å². The zero-order chi connectivity index (χ0) is 26.3. The van der Waals surface area contributed by atoms with Crippen LogP contribution >= 0.6 is 0 Å². The van der Waals surface area contributed by atoms with E-state index in [9.17, 15) is 9.59 Å². The van der Waals surface area contributed by atoms with E-state index in [4.69, 9.17) is 19.1 Å². The van der Waals surface area contributed by atoms with Crippen molar-refractivity contribution in [3.63, 3.8) is 0 Å². The van der Waals surface area contributed by atoms with Crippen LogP contribution in [-0.2, 0) is 4.79 Å². The van der Waals surface area contributed by atoms with Crippen molar-refractivity contribution in [2.24, 2.45) is 0 Å². The molecule has 0 saturated heterocycles. The standard InChI is InChI=1S/C29H28N4O4/c1-15(2)36-28-25-24(21-13-9-12-20-22(35)14-16(3)37-26(20)21)23(18(5)34)17(4)30-27(25)32-29(33-28)31-19-10-7-6-8-11-19/h6-15,24H,1-5H3,(H2,30,31,32,33). The second-order valence-corrected chi connectivity index (χ2v) is 9.37. The van der Waals surface area contributed by atoms with E-state index in [2.05, 4.69) is 10.6 Å². The Labute approximate surface area is 214 Å². The van der Waals surface area contributed by atoms with Gasteiger partial charge in [0.1, 0.15) is 17.2 Å². The number of nitrogens with zero attached hydrogens (tertiary/aromatic N) is 2. The lowest BCUT2D eigenvalue weighted by Crippen LogP contribution is -2.25. The van der Waals surface area contributed by atoms with E-state index < -0.39 is 5.92 Å². The maximum Gasteiger partial charge on any atom is 0.232 e. The van der Waals surface area contributed by atoms with Gasteiger partial charge < -0.3 is 19.8 Å². The van der Waals surface area contributed by atoms with E-state index in [-0.39, 0.29) is 17.3 Å². The van der Waals surface area contributed by atoms with Crippen LogP contribution < -0.4 is 20.8 Å². The van der Waals surface area contributed by atoms with Crippen LogP contribution in [0.5, 0.6) is 5.88 Å². The number of anilines is 3. The third kappa shape index (κ3) is 4.58.